The summed E-state index contributed by atoms with van der Waals surface area (Å²) >= 11 is 0. The van der Waals surface area contributed by atoms with Crippen molar-refractivity contribution in [2.45, 2.75) is 6.92 Å². The van der Waals surface area contributed by atoms with Crippen molar-refractivity contribution in [3.05, 3.63) is 90.3 Å². The minimum Gasteiger partial charge on any atom is -0.494 e. The second kappa shape index (κ2) is 8.66. The highest BCUT2D eigenvalue weighted by Gasteiger charge is 2.11. The molecule has 0 aliphatic rings. The van der Waals surface area contributed by atoms with Gasteiger partial charge in [0.25, 0.3) is 5.91 Å². The molecule has 2 aromatic carbocycles. The predicted octanol–water partition coefficient (Wildman–Crippen LogP) is 4.77. The fourth-order valence-electron chi connectivity index (χ4n) is 2.93. The van der Waals surface area contributed by atoms with Crippen molar-refractivity contribution < 1.29 is 18.7 Å². The number of benzene rings is 2. The molecule has 8 heteroatoms. The number of carbonyl (C=O) groups is 1. The molecule has 0 saturated carbocycles. The van der Waals surface area contributed by atoms with Crippen molar-refractivity contribution in [3.8, 4) is 23.2 Å². The quantitative estimate of drug-likeness (QED) is 0.488. The molecule has 4 aromatic rings. The van der Waals surface area contributed by atoms with Crippen LogP contribution in [-0.2, 0) is 0 Å². The maximum Gasteiger partial charge on any atom is 0.255 e. The van der Waals surface area contributed by atoms with Gasteiger partial charge >= 0.3 is 0 Å². The molecule has 0 fully saturated rings. The number of aryl methyl sites for hydroxylation is 1. The van der Waals surface area contributed by atoms with Crippen LogP contribution in [0, 0.1) is 12.7 Å². The number of rotatable bonds is 6. The van der Waals surface area contributed by atoms with Crippen LogP contribution in [0.15, 0.2) is 73.1 Å². The molecule has 0 bridgehead atoms. The molecule has 1 N–H and O–H groups in total. The molecule has 0 spiro atoms. The number of aromatic nitrogens is 3. The molecular formula is C23H19FN4O3. The maximum absolute atomic E-state index is 13.8. The highest BCUT2D eigenvalue weighted by atomic mass is 19.1. The highest BCUT2D eigenvalue weighted by molar-refractivity contribution is 6.04. The SMILES string of the molecule is COc1ccc(C(=O)Nc2ccc(Oc3cc(-n4cccc4)nc(C)n3)cc2)cc1F. The number of ether oxygens (including phenoxy) is 2. The molecule has 0 atom stereocenters. The van der Waals surface area contributed by atoms with Gasteiger partial charge in [-0.3, -0.25) is 4.79 Å². The summed E-state index contributed by atoms with van der Waals surface area (Å²) in [5, 5.41) is 2.72. The van der Waals surface area contributed by atoms with E-state index in [0.29, 0.717) is 29.0 Å². The third-order valence-corrected chi connectivity index (χ3v) is 4.42. The van der Waals surface area contributed by atoms with Crippen LogP contribution in [0.1, 0.15) is 16.2 Å². The number of amides is 1. The molecule has 1 amide bonds. The molecule has 0 radical (unpaired) electrons. The van der Waals surface area contributed by atoms with Gasteiger partial charge in [-0.1, -0.05) is 0 Å². The maximum atomic E-state index is 13.8. The first kappa shape index (κ1) is 20.1. The first-order valence-corrected chi connectivity index (χ1v) is 9.43. The van der Waals surface area contributed by atoms with E-state index in [1.54, 1.807) is 37.3 Å². The Morgan fingerprint density at radius 2 is 1.77 bits per heavy atom. The van der Waals surface area contributed by atoms with Gasteiger partial charge in [0.15, 0.2) is 11.6 Å². The lowest BCUT2D eigenvalue weighted by molar-refractivity contribution is 0.102. The number of carbonyl (C=O) groups excluding carboxylic acids is 1. The van der Waals surface area contributed by atoms with Crippen molar-refractivity contribution in [3.63, 3.8) is 0 Å². The summed E-state index contributed by atoms with van der Waals surface area (Å²) in [6.07, 6.45) is 3.77. The zero-order valence-corrected chi connectivity index (χ0v) is 16.9. The van der Waals surface area contributed by atoms with E-state index in [4.69, 9.17) is 9.47 Å². The zero-order chi connectivity index (χ0) is 21.8. The van der Waals surface area contributed by atoms with Crippen LogP contribution in [0.25, 0.3) is 5.82 Å². The number of methoxy groups -OCH3 is 1. The van der Waals surface area contributed by atoms with Crippen molar-refractivity contribution in [1.82, 2.24) is 14.5 Å². The van der Waals surface area contributed by atoms with Gasteiger partial charge in [0, 0.05) is 29.7 Å². The number of anilines is 1. The zero-order valence-electron chi connectivity index (χ0n) is 16.9. The third kappa shape index (κ3) is 4.69. The van der Waals surface area contributed by atoms with Crippen LogP contribution in [0.2, 0.25) is 0 Å². The smallest absolute Gasteiger partial charge is 0.255 e. The number of halogens is 1. The Kier molecular flexibility index (Phi) is 5.61. The van der Waals surface area contributed by atoms with E-state index >= 15 is 0 Å². The van der Waals surface area contributed by atoms with Gasteiger partial charge in [0.05, 0.1) is 7.11 Å². The summed E-state index contributed by atoms with van der Waals surface area (Å²) in [5.41, 5.74) is 0.730. The van der Waals surface area contributed by atoms with Crippen molar-refractivity contribution in [2.75, 3.05) is 12.4 Å². The molecular weight excluding hydrogens is 399 g/mol. The number of hydrogen-bond acceptors (Lipinski definition) is 5. The Labute approximate surface area is 178 Å². The average molecular weight is 418 g/mol. The van der Waals surface area contributed by atoms with Crippen LogP contribution >= 0.6 is 0 Å². The second-order valence-electron chi connectivity index (χ2n) is 6.63. The van der Waals surface area contributed by atoms with Crippen LogP contribution in [0.3, 0.4) is 0 Å². The molecule has 0 unspecified atom stereocenters. The molecule has 0 saturated heterocycles. The lowest BCUT2D eigenvalue weighted by atomic mass is 10.2. The van der Waals surface area contributed by atoms with E-state index in [1.165, 1.54) is 19.2 Å². The first-order chi connectivity index (χ1) is 15.0. The van der Waals surface area contributed by atoms with Gasteiger partial charge in [-0.15, -0.1) is 0 Å². The topological polar surface area (TPSA) is 78.3 Å². The Bertz CT molecular complexity index is 1210. The van der Waals surface area contributed by atoms with E-state index in [0.717, 1.165) is 6.07 Å². The molecule has 156 valence electrons. The lowest BCUT2D eigenvalue weighted by Crippen LogP contribution is -2.12. The Morgan fingerprint density at radius 1 is 1.03 bits per heavy atom. The summed E-state index contributed by atoms with van der Waals surface area (Å²) in [4.78, 5) is 21.1. The predicted molar refractivity (Wildman–Crippen MR) is 114 cm³/mol. The number of nitrogens with one attached hydrogen (secondary N) is 1. The van der Waals surface area contributed by atoms with Crippen LogP contribution in [-0.4, -0.2) is 27.6 Å². The van der Waals surface area contributed by atoms with Gasteiger partial charge in [-0.05, 0) is 61.5 Å². The molecule has 7 nitrogen and oxygen atoms in total. The molecule has 2 aromatic heterocycles. The van der Waals surface area contributed by atoms with Gasteiger partial charge < -0.3 is 19.4 Å². The van der Waals surface area contributed by atoms with Gasteiger partial charge in [-0.25, -0.2) is 9.37 Å². The fourth-order valence-corrected chi connectivity index (χ4v) is 2.93. The van der Waals surface area contributed by atoms with E-state index in [1.807, 2.05) is 29.1 Å². The Hall–Kier alpha value is -4.20. The Morgan fingerprint density at radius 3 is 2.45 bits per heavy atom. The second-order valence-corrected chi connectivity index (χ2v) is 6.63. The summed E-state index contributed by atoms with van der Waals surface area (Å²) in [5.74, 6) is 1.28. The minimum absolute atomic E-state index is 0.0814. The lowest BCUT2D eigenvalue weighted by Gasteiger charge is -2.10. The fraction of sp³-hybridized carbons (Fsp3) is 0.0870. The van der Waals surface area contributed by atoms with Crippen molar-refractivity contribution in [2.24, 2.45) is 0 Å². The average Bonchev–Trinajstić information content (AvgIpc) is 3.30. The molecule has 31 heavy (non-hydrogen) atoms. The van der Waals surface area contributed by atoms with E-state index in [9.17, 15) is 9.18 Å². The van der Waals surface area contributed by atoms with Crippen LogP contribution in [0.5, 0.6) is 17.4 Å². The summed E-state index contributed by atoms with van der Waals surface area (Å²) in [6.45, 7) is 1.79. The van der Waals surface area contributed by atoms with Crippen LogP contribution in [0.4, 0.5) is 10.1 Å². The summed E-state index contributed by atoms with van der Waals surface area (Å²) in [7, 11) is 1.37. The molecule has 0 aliphatic heterocycles. The summed E-state index contributed by atoms with van der Waals surface area (Å²) in [6, 6.07) is 16.4. The van der Waals surface area contributed by atoms with Crippen LogP contribution < -0.4 is 14.8 Å². The monoisotopic (exact) mass is 418 g/mol. The normalized spacial score (nSPS) is 10.5. The molecule has 4 rings (SSSR count). The van der Waals surface area contributed by atoms with Gasteiger partial charge in [0.2, 0.25) is 5.88 Å². The largest absolute Gasteiger partial charge is 0.494 e. The number of nitrogens with zero attached hydrogens (tertiary/aromatic N) is 3. The first-order valence-electron chi connectivity index (χ1n) is 9.43. The van der Waals surface area contributed by atoms with Gasteiger partial charge in [0.1, 0.15) is 17.4 Å². The van der Waals surface area contributed by atoms with E-state index in [2.05, 4.69) is 15.3 Å². The van der Waals surface area contributed by atoms with Crippen molar-refractivity contribution >= 4 is 11.6 Å². The van der Waals surface area contributed by atoms with Crippen molar-refractivity contribution in [1.29, 1.82) is 0 Å². The van der Waals surface area contributed by atoms with Gasteiger partial charge in [-0.2, -0.15) is 4.98 Å². The van der Waals surface area contributed by atoms with E-state index < -0.39 is 11.7 Å². The minimum atomic E-state index is -0.599. The molecule has 0 aliphatic carbocycles. The Balaban J connectivity index is 1.45. The molecule has 2 heterocycles. The third-order valence-electron chi connectivity index (χ3n) is 4.42. The van der Waals surface area contributed by atoms with E-state index in [-0.39, 0.29) is 11.3 Å². The number of hydrogen-bond donors (Lipinski definition) is 1. The summed E-state index contributed by atoms with van der Waals surface area (Å²) < 4.78 is 26.4. The standard InChI is InChI=1S/C23H19FN4O3/c1-15-25-21(28-11-3-4-12-28)14-22(26-15)31-18-8-6-17(7-9-18)27-23(29)16-5-10-20(30-2)19(24)13-16/h3-14H,1-2H3,(H,27,29). The highest BCUT2D eigenvalue weighted by Crippen LogP contribution is 2.24.